The lowest BCUT2D eigenvalue weighted by Crippen LogP contribution is -1.98. The summed E-state index contributed by atoms with van der Waals surface area (Å²) in [6.45, 7) is 3.91. The van der Waals surface area contributed by atoms with Crippen molar-refractivity contribution in [1.29, 1.82) is 0 Å². The number of carbonyl (C=O) groups excluding carboxylic acids is 1. The molecule has 1 heterocycles. The summed E-state index contributed by atoms with van der Waals surface area (Å²) in [7, 11) is -1.15. The maximum atomic E-state index is 12.2. The zero-order valence-electron chi connectivity index (χ0n) is 10.3. The predicted octanol–water partition coefficient (Wildman–Crippen LogP) is 3.02. The molecule has 0 saturated carbocycles. The standard InChI is InChI=1S/C14H14O3S/c1-10-3-4-11(2)14(7-10)18(16)9-13-6-5-12(8-15)17-13/h3-8H,9H2,1-2H3. The number of hydrogen-bond donors (Lipinski definition) is 0. The van der Waals surface area contributed by atoms with E-state index < -0.39 is 10.8 Å². The number of rotatable bonds is 4. The fraction of sp³-hybridized carbons (Fsp3) is 0.214. The average Bonchev–Trinajstić information content (AvgIpc) is 2.80. The van der Waals surface area contributed by atoms with Crippen LogP contribution in [0.1, 0.15) is 27.4 Å². The third-order valence-electron chi connectivity index (χ3n) is 2.66. The zero-order chi connectivity index (χ0) is 13.1. The fourth-order valence-electron chi connectivity index (χ4n) is 1.69. The Labute approximate surface area is 108 Å². The molecule has 94 valence electrons. The van der Waals surface area contributed by atoms with Crippen molar-refractivity contribution in [3.8, 4) is 0 Å². The van der Waals surface area contributed by atoms with Crippen LogP contribution < -0.4 is 0 Å². The summed E-state index contributed by atoms with van der Waals surface area (Å²) in [6.07, 6.45) is 0.643. The number of carbonyl (C=O) groups is 1. The quantitative estimate of drug-likeness (QED) is 0.796. The van der Waals surface area contributed by atoms with Gasteiger partial charge in [-0.1, -0.05) is 12.1 Å². The van der Waals surface area contributed by atoms with Crippen molar-refractivity contribution in [3.05, 3.63) is 53.0 Å². The Morgan fingerprint density at radius 2 is 2.00 bits per heavy atom. The average molecular weight is 262 g/mol. The van der Waals surface area contributed by atoms with Gasteiger partial charge in [-0.15, -0.1) is 0 Å². The highest BCUT2D eigenvalue weighted by Gasteiger charge is 2.11. The maximum Gasteiger partial charge on any atom is 0.185 e. The molecule has 2 aromatic rings. The van der Waals surface area contributed by atoms with E-state index in [1.807, 2.05) is 32.0 Å². The number of hydrogen-bond acceptors (Lipinski definition) is 3. The second-order valence-corrected chi connectivity index (χ2v) is 5.60. The van der Waals surface area contributed by atoms with Crippen LogP contribution in [0, 0.1) is 13.8 Å². The first-order valence-electron chi connectivity index (χ1n) is 5.59. The summed E-state index contributed by atoms with van der Waals surface area (Å²) in [5.74, 6) is 1.12. The van der Waals surface area contributed by atoms with E-state index in [0.717, 1.165) is 16.0 Å². The number of aldehydes is 1. The van der Waals surface area contributed by atoms with E-state index in [1.54, 1.807) is 12.1 Å². The zero-order valence-corrected chi connectivity index (χ0v) is 11.1. The third kappa shape index (κ3) is 2.76. The fourth-order valence-corrected chi connectivity index (χ4v) is 3.01. The van der Waals surface area contributed by atoms with Crippen molar-refractivity contribution in [2.45, 2.75) is 24.5 Å². The van der Waals surface area contributed by atoms with Crippen molar-refractivity contribution in [1.82, 2.24) is 0 Å². The topological polar surface area (TPSA) is 47.3 Å². The number of aryl methyl sites for hydroxylation is 2. The first-order chi connectivity index (χ1) is 8.60. The van der Waals surface area contributed by atoms with Crippen LogP contribution in [0.5, 0.6) is 0 Å². The molecule has 0 fully saturated rings. The molecule has 0 radical (unpaired) electrons. The van der Waals surface area contributed by atoms with Crippen LogP contribution in [0.15, 0.2) is 39.6 Å². The van der Waals surface area contributed by atoms with Gasteiger partial charge in [-0.05, 0) is 43.2 Å². The molecule has 2 rings (SSSR count). The molecule has 0 aliphatic heterocycles. The van der Waals surface area contributed by atoms with Crippen LogP contribution >= 0.6 is 0 Å². The molecule has 0 aliphatic carbocycles. The monoisotopic (exact) mass is 262 g/mol. The lowest BCUT2D eigenvalue weighted by atomic mass is 10.2. The van der Waals surface area contributed by atoms with Gasteiger partial charge >= 0.3 is 0 Å². The maximum absolute atomic E-state index is 12.2. The lowest BCUT2D eigenvalue weighted by molar-refractivity contribution is 0.109. The molecule has 1 aromatic carbocycles. The minimum atomic E-state index is -1.15. The Morgan fingerprint density at radius 3 is 2.67 bits per heavy atom. The van der Waals surface area contributed by atoms with E-state index >= 15 is 0 Å². The van der Waals surface area contributed by atoms with Crippen molar-refractivity contribution >= 4 is 17.1 Å². The first-order valence-corrected chi connectivity index (χ1v) is 6.91. The summed E-state index contributed by atoms with van der Waals surface area (Å²) >= 11 is 0. The van der Waals surface area contributed by atoms with Gasteiger partial charge in [0.25, 0.3) is 0 Å². The van der Waals surface area contributed by atoms with Crippen molar-refractivity contribution in [2.24, 2.45) is 0 Å². The van der Waals surface area contributed by atoms with Gasteiger partial charge in [0, 0.05) is 4.90 Å². The Morgan fingerprint density at radius 1 is 1.22 bits per heavy atom. The van der Waals surface area contributed by atoms with Gasteiger partial charge in [0.05, 0.1) is 16.6 Å². The van der Waals surface area contributed by atoms with Crippen LogP contribution in [-0.2, 0) is 16.6 Å². The molecule has 0 saturated heterocycles. The second kappa shape index (κ2) is 5.31. The van der Waals surface area contributed by atoms with E-state index in [2.05, 4.69) is 0 Å². The molecule has 0 amide bonds. The molecule has 0 spiro atoms. The molecule has 0 aliphatic rings. The Kier molecular flexibility index (Phi) is 3.77. The molecule has 0 bridgehead atoms. The summed E-state index contributed by atoms with van der Waals surface area (Å²) in [5, 5.41) is 0. The number of furan rings is 1. The normalized spacial score (nSPS) is 12.3. The van der Waals surface area contributed by atoms with Crippen molar-refractivity contribution < 1.29 is 13.4 Å². The molecule has 3 nitrogen and oxygen atoms in total. The van der Waals surface area contributed by atoms with Gasteiger partial charge in [0.2, 0.25) is 0 Å². The van der Waals surface area contributed by atoms with Gasteiger partial charge in [0.15, 0.2) is 12.0 Å². The van der Waals surface area contributed by atoms with E-state index in [0.29, 0.717) is 12.0 Å². The van der Waals surface area contributed by atoms with Crippen LogP contribution in [-0.4, -0.2) is 10.5 Å². The number of benzene rings is 1. The molecular formula is C14H14O3S. The minimum Gasteiger partial charge on any atom is -0.457 e. The Balaban J connectivity index is 2.21. The Bertz CT molecular complexity index is 599. The largest absolute Gasteiger partial charge is 0.457 e. The summed E-state index contributed by atoms with van der Waals surface area (Å²) < 4.78 is 17.5. The molecule has 0 N–H and O–H groups in total. The molecule has 4 heteroatoms. The molecule has 18 heavy (non-hydrogen) atoms. The van der Waals surface area contributed by atoms with Crippen molar-refractivity contribution in [3.63, 3.8) is 0 Å². The predicted molar refractivity (Wildman–Crippen MR) is 70.1 cm³/mol. The van der Waals surface area contributed by atoms with Crippen LogP contribution in [0.3, 0.4) is 0 Å². The third-order valence-corrected chi connectivity index (χ3v) is 4.14. The van der Waals surface area contributed by atoms with Crippen molar-refractivity contribution in [2.75, 3.05) is 0 Å². The van der Waals surface area contributed by atoms with Gasteiger partial charge in [-0.3, -0.25) is 9.00 Å². The molecule has 1 unspecified atom stereocenters. The van der Waals surface area contributed by atoms with Crippen LogP contribution in [0.4, 0.5) is 0 Å². The Hall–Kier alpha value is -1.68. The smallest absolute Gasteiger partial charge is 0.185 e. The highest BCUT2D eigenvalue weighted by molar-refractivity contribution is 7.84. The summed E-state index contributed by atoms with van der Waals surface area (Å²) in [4.78, 5) is 11.3. The summed E-state index contributed by atoms with van der Waals surface area (Å²) in [5.41, 5.74) is 2.08. The molecule has 1 atom stereocenters. The highest BCUT2D eigenvalue weighted by atomic mass is 32.2. The second-order valence-electron chi connectivity index (χ2n) is 4.18. The van der Waals surface area contributed by atoms with Crippen LogP contribution in [0.2, 0.25) is 0 Å². The minimum absolute atomic E-state index is 0.267. The van der Waals surface area contributed by atoms with Gasteiger partial charge in [0.1, 0.15) is 5.76 Å². The van der Waals surface area contributed by atoms with E-state index in [1.165, 1.54) is 0 Å². The lowest BCUT2D eigenvalue weighted by Gasteiger charge is -2.05. The van der Waals surface area contributed by atoms with E-state index in [-0.39, 0.29) is 11.5 Å². The highest BCUT2D eigenvalue weighted by Crippen LogP contribution is 2.19. The van der Waals surface area contributed by atoms with Gasteiger partial charge in [-0.25, -0.2) is 0 Å². The van der Waals surface area contributed by atoms with Gasteiger partial charge in [-0.2, -0.15) is 0 Å². The first kappa shape index (κ1) is 12.8. The molecular weight excluding hydrogens is 248 g/mol. The van der Waals surface area contributed by atoms with Gasteiger partial charge < -0.3 is 4.42 Å². The SMILES string of the molecule is Cc1ccc(C)c(S(=O)Cc2ccc(C=O)o2)c1. The van der Waals surface area contributed by atoms with E-state index in [9.17, 15) is 9.00 Å². The molecule has 1 aromatic heterocycles. The van der Waals surface area contributed by atoms with Crippen LogP contribution in [0.25, 0.3) is 0 Å². The van der Waals surface area contributed by atoms with E-state index in [4.69, 9.17) is 4.42 Å². The summed E-state index contributed by atoms with van der Waals surface area (Å²) in [6, 6.07) is 9.15.